The van der Waals surface area contributed by atoms with Gasteiger partial charge in [-0.1, -0.05) is 283 Å². The minimum Gasteiger partial charge on any atom is -0.462 e. The van der Waals surface area contributed by atoms with Gasteiger partial charge >= 0.3 is 17.9 Å². The van der Waals surface area contributed by atoms with Crippen LogP contribution in [0.3, 0.4) is 0 Å². The zero-order valence-electron chi connectivity index (χ0n) is 52.8. The van der Waals surface area contributed by atoms with Crippen molar-refractivity contribution in [3.05, 3.63) is 134 Å². The normalized spacial score (nSPS) is 13.0. The van der Waals surface area contributed by atoms with Crippen molar-refractivity contribution in [2.24, 2.45) is 0 Å². The van der Waals surface area contributed by atoms with E-state index in [0.717, 1.165) is 122 Å². The van der Waals surface area contributed by atoms with E-state index in [-0.39, 0.29) is 37.5 Å². The van der Waals surface area contributed by atoms with E-state index in [4.69, 9.17) is 14.2 Å². The maximum atomic E-state index is 12.9. The lowest BCUT2D eigenvalue weighted by Crippen LogP contribution is -2.30. The van der Waals surface area contributed by atoms with Gasteiger partial charge in [-0.25, -0.2) is 0 Å². The van der Waals surface area contributed by atoms with E-state index in [1.54, 1.807) is 0 Å². The van der Waals surface area contributed by atoms with Crippen LogP contribution in [0.25, 0.3) is 0 Å². The van der Waals surface area contributed by atoms with Crippen molar-refractivity contribution in [3.63, 3.8) is 0 Å². The number of hydrogen-bond donors (Lipinski definition) is 0. The lowest BCUT2D eigenvalue weighted by atomic mass is 10.0. The maximum absolute atomic E-state index is 12.9. The molecule has 0 aromatic rings. The summed E-state index contributed by atoms with van der Waals surface area (Å²) >= 11 is 0. The highest BCUT2D eigenvalue weighted by molar-refractivity contribution is 5.71. The van der Waals surface area contributed by atoms with Crippen LogP contribution in [-0.2, 0) is 28.6 Å². The van der Waals surface area contributed by atoms with Crippen LogP contribution in [-0.4, -0.2) is 37.2 Å². The second-order valence-corrected chi connectivity index (χ2v) is 22.0. The molecule has 0 aliphatic heterocycles. The van der Waals surface area contributed by atoms with Gasteiger partial charge in [0.15, 0.2) is 6.10 Å². The van der Waals surface area contributed by atoms with Gasteiger partial charge in [0.25, 0.3) is 0 Å². The molecule has 0 aliphatic rings. The van der Waals surface area contributed by atoms with Gasteiger partial charge in [0, 0.05) is 19.3 Å². The average Bonchev–Trinajstić information content (AvgIpc) is 3.46. The predicted octanol–water partition coefficient (Wildman–Crippen LogP) is 23.3. The zero-order valence-corrected chi connectivity index (χ0v) is 52.8. The highest BCUT2D eigenvalue weighted by atomic mass is 16.6. The lowest BCUT2D eigenvalue weighted by Gasteiger charge is -2.18. The second kappa shape index (κ2) is 68.1. The minimum absolute atomic E-state index is 0.107. The molecular formula is C75H124O6. The molecule has 0 aromatic carbocycles. The molecule has 0 N–H and O–H groups in total. The first-order chi connectivity index (χ1) is 40.0. The Labute approximate surface area is 500 Å². The molecule has 0 amide bonds. The molecule has 1 atom stereocenters. The third kappa shape index (κ3) is 66.2. The summed E-state index contributed by atoms with van der Waals surface area (Å²) in [4.78, 5) is 38.3. The fourth-order valence-corrected chi connectivity index (χ4v) is 9.14. The molecule has 1 unspecified atom stereocenters. The van der Waals surface area contributed by atoms with E-state index >= 15 is 0 Å². The van der Waals surface area contributed by atoms with Crippen molar-refractivity contribution < 1.29 is 28.6 Å². The van der Waals surface area contributed by atoms with E-state index < -0.39 is 6.10 Å². The first-order valence-corrected chi connectivity index (χ1v) is 33.7. The third-order valence-electron chi connectivity index (χ3n) is 14.1. The van der Waals surface area contributed by atoms with Crippen molar-refractivity contribution in [2.75, 3.05) is 13.2 Å². The van der Waals surface area contributed by atoms with Gasteiger partial charge in [-0.05, 0) is 135 Å². The standard InChI is InChI=1S/C75H124O6/c1-4-7-10-13-16-19-22-25-27-29-31-33-34-35-36-37-38-39-40-42-43-45-47-50-53-56-59-62-65-68-74(77)80-71-72(70-79-73(76)67-64-61-58-55-52-49-24-21-18-15-12-9-6-3)81-75(78)69-66-63-60-57-54-51-48-46-44-41-32-30-28-26-23-20-17-14-11-8-5-2/h8-9,11-12,17-18,20-22,25-26,28-29,31-32,41,46,48-49,52,54,57,72H,4-7,10,13-16,19,23-24,27,30,33-40,42-45,47,50-51,53,55-56,58-71H2,1-3H3/b11-8-,12-9-,20-17-,21-18-,25-22-,28-26-,31-29-,41-32-,48-46-,52-49-,57-54-. The number of carbonyl (C=O) groups excluding carboxylic acids is 3. The number of hydrogen-bond acceptors (Lipinski definition) is 6. The van der Waals surface area contributed by atoms with Gasteiger partial charge in [-0.3, -0.25) is 14.4 Å². The van der Waals surface area contributed by atoms with E-state index in [2.05, 4.69) is 154 Å². The molecule has 0 bridgehead atoms. The van der Waals surface area contributed by atoms with Crippen LogP contribution in [0, 0.1) is 0 Å². The maximum Gasteiger partial charge on any atom is 0.306 e. The molecule has 0 rings (SSSR count). The van der Waals surface area contributed by atoms with Gasteiger partial charge in [0.2, 0.25) is 0 Å². The fraction of sp³-hybridized carbons (Fsp3) is 0.667. The largest absolute Gasteiger partial charge is 0.462 e. The minimum atomic E-state index is -0.819. The molecule has 0 saturated carbocycles. The summed E-state index contributed by atoms with van der Waals surface area (Å²) in [5.41, 5.74) is 0. The number of esters is 3. The van der Waals surface area contributed by atoms with Crippen molar-refractivity contribution in [1.82, 2.24) is 0 Å². The molecule has 460 valence electrons. The highest BCUT2D eigenvalue weighted by Crippen LogP contribution is 2.16. The third-order valence-corrected chi connectivity index (χ3v) is 14.1. The second-order valence-electron chi connectivity index (χ2n) is 22.0. The monoisotopic (exact) mass is 1120 g/mol. The molecule has 6 heteroatoms. The van der Waals surface area contributed by atoms with Gasteiger partial charge in [-0.2, -0.15) is 0 Å². The summed E-state index contributed by atoms with van der Waals surface area (Å²) in [7, 11) is 0. The molecule has 0 spiro atoms. The molecule has 0 saturated heterocycles. The molecule has 0 heterocycles. The Hall–Kier alpha value is -4.45. The fourth-order valence-electron chi connectivity index (χ4n) is 9.14. The number of allylic oxidation sites excluding steroid dienone is 22. The van der Waals surface area contributed by atoms with Crippen molar-refractivity contribution >= 4 is 17.9 Å². The molecule has 0 fully saturated rings. The number of carbonyl (C=O) groups is 3. The van der Waals surface area contributed by atoms with Gasteiger partial charge < -0.3 is 14.2 Å². The van der Waals surface area contributed by atoms with Crippen molar-refractivity contribution in [1.29, 1.82) is 0 Å². The van der Waals surface area contributed by atoms with E-state index in [9.17, 15) is 14.4 Å². The Morgan fingerprint density at radius 2 is 0.481 bits per heavy atom. The highest BCUT2D eigenvalue weighted by Gasteiger charge is 2.19. The zero-order chi connectivity index (χ0) is 58.5. The summed E-state index contributed by atoms with van der Waals surface area (Å²) in [6, 6.07) is 0. The average molecular weight is 1120 g/mol. The van der Waals surface area contributed by atoms with Crippen LogP contribution in [0.4, 0.5) is 0 Å². The number of unbranched alkanes of at least 4 members (excludes halogenated alkanes) is 27. The predicted molar refractivity (Wildman–Crippen MR) is 353 cm³/mol. The van der Waals surface area contributed by atoms with Crippen LogP contribution >= 0.6 is 0 Å². The SMILES string of the molecule is CC/C=C\C/C=C\C/C=C\C/C=C\C/C=C\C/C=C\CCCCC(=O)OC(COC(=O)CCCCC/C=C\C/C=C\C/C=C\CC)COC(=O)CCCCCCCCCCCCCCCCCCC/C=C\C/C=C\CCCCCCC. The number of rotatable bonds is 60. The van der Waals surface area contributed by atoms with Gasteiger partial charge in [0.1, 0.15) is 13.2 Å². The lowest BCUT2D eigenvalue weighted by molar-refractivity contribution is -0.167. The Balaban J connectivity index is 4.34. The summed E-state index contributed by atoms with van der Waals surface area (Å²) in [6.45, 7) is 6.36. The van der Waals surface area contributed by atoms with Crippen molar-refractivity contribution in [2.45, 2.75) is 309 Å². The summed E-state index contributed by atoms with van der Waals surface area (Å²) < 4.78 is 16.9. The number of ether oxygens (including phenoxy) is 3. The molecule has 0 radical (unpaired) electrons. The first-order valence-electron chi connectivity index (χ1n) is 33.7. The van der Waals surface area contributed by atoms with Crippen LogP contribution in [0.2, 0.25) is 0 Å². The Kier molecular flexibility index (Phi) is 64.3. The van der Waals surface area contributed by atoms with E-state index in [1.807, 2.05) is 0 Å². The van der Waals surface area contributed by atoms with Crippen molar-refractivity contribution in [3.8, 4) is 0 Å². The molecule has 6 nitrogen and oxygen atoms in total. The van der Waals surface area contributed by atoms with E-state index in [0.29, 0.717) is 19.3 Å². The first kappa shape index (κ1) is 76.5. The van der Waals surface area contributed by atoms with Crippen LogP contribution in [0.5, 0.6) is 0 Å². The topological polar surface area (TPSA) is 78.9 Å². The summed E-state index contributed by atoms with van der Waals surface area (Å²) in [5.74, 6) is -0.978. The van der Waals surface area contributed by atoms with Crippen LogP contribution < -0.4 is 0 Å². The molecule has 0 aliphatic carbocycles. The molecule has 81 heavy (non-hydrogen) atoms. The Bertz CT molecular complexity index is 1720. The Morgan fingerprint density at radius 3 is 0.790 bits per heavy atom. The van der Waals surface area contributed by atoms with Gasteiger partial charge in [-0.15, -0.1) is 0 Å². The smallest absolute Gasteiger partial charge is 0.306 e. The molecular weight excluding hydrogens is 997 g/mol. The Morgan fingerprint density at radius 1 is 0.259 bits per heavy atom. The summed E-state index contributed by atoms with van der Waals surface area (Å²) in [6.07, 6.45) is 96.3. The molecule has 0 aromatic heterocycles. The van der Waals surface area contributed by atoms with Crippen LogP contribution in [0.1, 0.15) is 303 Å². The van der Waals surface area contributed by atoms with Crippen LogP contribution in [0.15, 0.2) is 134 Å². The van der Waals surface area contributed by atoms with Gasteiger partial charge in [0.05, 0.1) is 0 Å². The summed E-state index contributed by atoms with van der Waals surface area (Å²) in [5, 5.41) is 0. The van der Waals surface area contributed by atoms with E-state index in [1.165, 1.54) is 135 Å². The quantitative estimate of drug-likeness (QED) is 0.0261.